The molecular weight excluding hydrogens is 398 g/mol. The summed E-state index contributed by atoms with van der Waals surface area (Å²) in [5.41, 5.74) is 8.02. The second-order valence-electron chi connectivity index (χ2n) is 8.78. The molecule has 0 bridgehead atoms. The van der Waals surface area contributed by atoms with Crippen molar-refractivity contribution in [1.29, 1.82) is 0 Å². The number of nitrogens with one attached hydrogen (secondary N) is 2. The lowest BCUT2D eigenvalue weighted by Gasteiger charge is -2.22. The van der Waals surface area contributed by atoms with Gasteiger partial charge in [0.25, 0.3) is 5.56 Å². The number of aryl methyl sites for hydroxylation is 1. The summed E-state index contributed by atoms with van der Waals surface area (Å²) in [7, 11) is 0. The normalized spacial score (nSPS) is 11.4. The van der Waals surface area contributed by atoms with Crippen LogP contribution in [-0.4, -0.2) is 27.7 Å². The van der Waals surface area contributed by atoms with Crippen LogP contribution in [0.1, 0.15) is 76.4 Å². The molecule has 2 N–H and O–H groups in total. The molecule has 6 nitrogen and oxygen atoms in total. The Hall–Kier alpha value is -3.02. The molecule has 2 heterocycles. The van der Waals surface area contributed by atoms with Gasteiger partial charge in [-0.1, -0.05) is 33.8 Å². The van der Waals surface area contributed by atoms with Crippen molar-refractivity contribution in [3.63, 3.8) is 0 Å². The van der Waals surface area contributed by atoms with Crippen molar-refractivity contribution in [2.45, 2.75) is 67.2 Å². The van der Waals surface area contributed by atoms with E-state index in [1.807, 2.05) is 6.92 Å². The van der Waals surface area contributed by atoms with Crippen molar-refractivity contribution in [2.24, 2.45) is 0 Å². The Bertz CT molecular complexity index is 1180. The minimum absolute atomic E-state index is 0.0234. The molecule has 3 aromatic rings. The quantitative estimate of drug-likeness (QED) is 0.431. The number of nitrogens with zero attached hydrogens (tertiary/aromatic N) is 3. The van der Waals surface area contributed by atoms with Crippen LogP contribution in [0.25, 0.3) is 11.2 Å². The first-order valence-electron chi connectivity index (χ1n) is 11.7. The number of aromatic amines is 1. The van der Waals surface area contributed by atoms with Crippen LogP contribution in [0.5, 0.6) is 0 Å². The molecule has 3 rings (SSSR count). The van der Waals surface area contributed by atoms with E-state index in [0.29, 0.717) is 5.65 Å². The topological polar surface area (TPSA) is 65.4 Å². The summed E-state index contributed by atoms with van der Waals surface area (Å²) >= 11 is 0. The van der Waals surface area contributed by atoms with Gasteiger partial charge in [-0.2, -0.15) is 4.52 Å². The lowest BCUT2D eigenvalue weighted by molar-refractivity contribution is 0.747. The summed E-state index contributed by atoms with van der Waals surface area (Å²) in [5.74, 6) is 0.167. The molecular formula is C26H37N5O. The lowest BCUT2D eigenvalue weighted by atomic mass is 10.0. The Morgan fingerprint density at radius 3 is 2.47 bits per heavy atom. The van der Waals surface area contributed by atoms with Gasteiger partial charge in [0, 0.05) is 30.0 Å². The first kappa shape index (κ1) is 23.6. The minimum atomic E-state index is -0.0234. The van der Waals surface area contributed by atoms with Crippen LogP contribution in [0, 0.1) is 6.92 Å². The summed E-state index contributed by atoms with van der Waals surface area (Å²) < 4.78 is 1.57. The molecule has 0 saturated carbocycles. The monoisotopic (exact) mass is 435 g/mol. The molecule has 172 valence electrons. The Morgan fingerprint density at radius 1 is 1.25 bits per heavy atom. The van der Waals surface area contributed by atoms with E-state index in [2.05, 4.69) is 81.6 Å². The second-order valence-corrected chi connectivity index (χ2v) is 8.78. The molecule has 1 aromatic carbocycles. The van der Waals surface area contributed by atoms with Gasteiger partial charge in [-0.25, -0.2) is 4.98 Å². The fraction of sp³-hybridized carbons (Fsp3) is 0.462. The van der Waals surface area contributed by atoms with Crippen molar-refractivity contribution in [3.05, 3.63) is 57.6 Å². The minimum Gasteiger partial charge on any atom is -0.372 e. The van der Waals surface area contributed by atoms with Gasteiger partial charge in [-0.05, 0) is 69.4 Å². The summed E-state index contributed by atoms with van der Waals surface area (Å²) in [6.45, 7) is 20.7. The molecule has 0 aliphatic heterocycles. The number of aromatic nitrogens is 3. The van der Waals surface area contributed by atoms with Crippen molar-refractivity contribution in [2.75, 3.05) is 23.3 Å². The Balaban J connectivity index is 2.19. The Labute approximate surface area is 191 Å². The zero-order chi connectivity index (χ0) is 23.6. The number of anilines is 3. The van der Waals surface area contributed by atoms with Crippen LogP contribution in [-0.2, 0) is 6.42 Å². The lowest BCUT2D eigenvalue weighted by Crippen LogP contribution is -2.23. The molecule has 0 atom stereocenters. The summed E-state index contributed by atoms with van der Waals surface area (Å²) in [5, 5.41) is 6.82. The molecule has 0 radical (unpaired) electrons. The fourth-order valence-electron chi connectivity index (χ4n) is 4.22. The second kappa shape index (κ2) is 9.63. The molecule has 0 spiro atoms. The SMILES string of the molecule is C=C(C)c1[nH]n2c(=O)c(CCC)c(C(C)C)nc2c1Nc1ccc(N(CC)CC)cc1C. The Morgan fingerprint density at radius 2 is 1.94 bits per heavy atom. The molecule has 0 aliphatic carbocycles. The average Bonchev–Trinajstić information content (AvgIpc) is 3.11. The van der Waals surface area contributed by atoms with Crippen LogP contribution in [0.2, 0.25) is 0 Å². The van der Waals surface area contributed by atoms with Crippen LogP contribution in [0.4, 0.5) is 17.1 Å². The summed E-state index contributed by atoms with van der Waals surface area (Å²) in [6, 6.07) is 6.43. The third-order valence-corrected chi connectivity index (χ3v) is 5.98. The number of rotatable bonds is 9. The van der Waals surface area contributed by atoms with Gasteiger partial charge in [-0.3, -0.25) is 9.89 Å². The predicted octanol–water partition coefficient (Wildman–Crippen LogP) is 6.03. The van der Waals surface area contributed by atoms with E-state index < -0.39 is 0 Å². The van der Waals surface area contributed by atoms with Gasteiger partial charge in [0.05, 0.1) is 11.4 Å². The van der Waals surface area contributed by atoms with Crippen LogP contribution < -0.4 is 15.8 Å². The van der Waals surface area contributed by atoms with Gasteiger partial charge >= 0.3 is 0 Å². The standard InChI is InChI=1S/C26H37N5O/c1-9-12-20-22(16(4)5)28-25-24(23(17(6)7)29-31(25)26(20)32)27-21-14-13-19(15-18(21)8)30(10-2)11-3/h13-16,27,29H,6,9-12H2,1-5,7-8H3. The van der Waals surface area contributed by atoms with Crippen LogP contribution in [0.15, 0.2) is 29.6 Å². The molecule has 0 unspecified atom stereocenters. The first-order valence-corrected chi connectivity index (χ1v) is 11.7. The highest BCUT2D eigenvalue weighted by atomic mass is 16.1. The third-order valence-electron chi connectivity index (χ3n) is 5.98. The summed E-state index contributed by atoms with van der Waals surface area (Å²) in [4.78, 5) is 20.7. The maximum atomic E-state index is 13.4. The number of hydrogen-bond acceptors (Lipinski definition) is 4. The number of allylic oxidation sites excluding steroid dienone is 1. The highest BCUT2D eigenvalue weighted by Crippen LogP contribution is 2.32. The smallest absolute Gasteiger partial charge is 0.276 e. The predicted molar refractivity (Wildman–Crippen MR) is 137 cm³/mol. The number of hydrogen-bond donors (Lipinski definition) is 2. The molecule has 0 amide bonds. The summed E-state index contributed by atoms with van der Waals surface area (Å²) in [6.07, 6.45) is 1.62. The van der Waals surface area contributed by atoms with Crippen molar-refractivity contribution < 1.29 is 0 Å². The molecule has 6 heteroatoms. The maximum Gasteiger partial charge on any atom is 0.276 e. The Kier molecular flexibility index (Phi) is 7.12. The number of benzene rings is 1. The van der Waals surface area contributed by atoms with Crippen LogP contribution >= 0.6 is 0 Å². The van der Waals surface area contributed by atoms with Gasteiger partial charge < -0.3 is 10.2 Å². The maximum absolute atomic E-state index is 13.4. The van der Waals surface area contributed by atoms with Gasteiger partial charge in [0.2, 0.25) is 0 Å². The van der Waals surface area contributed by atoms with Crippen molar-refractivity contribution >= 4 is 28.3 Å². The molecule has 0 saturated heterocycles. The number of fused-ring (bicyclic) bond motifs is 1. The highest BCUT2D eigenvalue weighted by molar-refractivity contribution is 5.86. The third kappa shape index (κ3) is 4.31. The fourth-order valence-corrected chi connectivity index (χ4v) is 4.22. The van der Waals surface area contributed by atoms with E-state index in [-0.39, 0.29) is 11.5 Å². The van der Waals surface area contributed by atoms with E-state index in [9.17, 15) is 4.79 Å². The largest absolute Gasteiger partial charge is 0.372 e. The molecule has 0 aliphatic rings. The van der Waals surface area contributed by atoms with Crippen molar-refractivity contribution in [1.82, 2.24) is 14.6 Å². The van der Waals surface area contributed by atoms with E-state index in [1.165, 1.54) is 5.69 Å². The van der Waals surface area contributed by atoms with E-state index in [0.717, 1.165) is 65.4 Å². The highest BCUT2D eigenvalue weighted by Gasteiger charge is 2.21. The molecule has 2 aromatic heterocycles. The van der Waals surface area contributed by atoms with Gasteiger partial charge in [0.15, 0.2) is 5.65 Å². The van der Waals surface area contributed by atoms with Crippen LogP contribution in [0.3, 0.4) is 0 Å². The molecule has 0 fully saturated rings. The first-order chi connectivity index (χ1) is 15.2. The van der Waals surface area contributed by atoms with E-state index >= 15 is 0 Å². The van der Waals surface area contributed by atoms with E-state index in [4.69, 9.17) is 4.98 Å². The van der Waals surface area contributed by atoms with Gasteiger partial charge in [-0.15, -0.1) is 0 Å². The van der Waals surface area contributed by atoms with Gasteiger partial charge in [0.1, 0.15) is 5.69 Å². The van der Waals surface area contributed by atoms with Crippen molar-refractivity contribution in [3.8, 4) is 0 Å². The van der Waals surface area contributed by atoms with E-state index in [1.54, 1.807) is 4.52 Å². The zero-order valence-corrected chi connectivity index (χ0v) is 20.6. The molecule has 32 heavy (non-hydrogen) atoms. The average molecular weight is 436 g/mol. The number of H-pyrrole nitrogens is 1. The zero-order valence-electron chi connectivity index (χ0n) is 20.6.